The van der Waals surface area contributed by atoms with Gasteiger partial charge in [-0.1, -0.05) is 18.2 Å². The van der Waals surface area contributed by atoms with Crippen molar-refractivity contribution in [3.63, 3.8) is 0 Å². The molecule has 9 heteroatoms. The van der Waals surface area contributed by atoms with E-state index in [0.717, 1.165) is 5.56 Å². The van der Waals surface area contributed by atoms with Crippen molar-refractivity contribution in [3.8, 4) is 11.5 Å². The Morgan fingerprint density at radius 3 is 2.67 bits per heavy atom. The minimum Gasteiger partial charge on any atom is -0.454 e. The van der Waals surface area contributed by atoms with Gasteiger partial charge in [-0.05, 0) is 42.9 Å². The number of amides is 1. The Kier molecular flexibility index (Phi) is 4.00. The number of nitrogens with zero attached hydrogens (tertiary/aromatic N) is 2. The molecule has 4 rings (SSSR count). The molecule has 136 valence electrons. The molecule has 0 radical (unpaired) electrons. The van der Waals surface area contributed by atoms with Gasteiger partial charge in [0.25, 0.3) is 11.6 Å². The number of benzene rings is 2. The topological polar surface area (TPSA) is 93.9 Å². The summed E-state index contributed by atoms with van der Waals surface area (Å²) in [5.41, 5.74) is 1.70. The van der Waals surface area contributed by atoms with E-state index in [2.05, 4.69) is 5.32 Å². The lowest BCUT2D eigenvalue weighted by atomic mass is 10.1. The van der Waals surface area contributed by atoms with Crippen LogP contribution in [-0.4, -0.2) is 22.7 Å². The molecule has 1 N–H and O–H groups in total. The van der Waals surface area contributed by atoms with Crippen molar-refractivity contribution in [2.45, 2.75) is 6.92 Å². The highest BCUT2D eigenvalue weighted by Gasteiger charge is 2.33. The molecular formula is C18H13N3O5S. The van der Waals surface area contributed by atoms with Gasteiger partial charge >= 0.3 is 0 Å². The number of hydrogen-bond donors (Lipinski definition) is 1. The fraction of sp³-hybridized carbons (Fsp3) is 0.111. The summed E-state index contributed by atoms with van der Waals surface area (Å²) in [6, 6.07) is 10.1. The van der Waals surface area contributed by atoms with Crippen molar-refractivity contribution in [2.24, 2.45) is 0 Å². The van der Waals surface area contributed by atoms with Gasteiger partial charge in [0, 0.05) is 0 Å². The van der Waals surface area contributed by atoms with E-state index in [1.165, 1.54) is 23.1 Å². The Labute approximate surface area is 159 Å². The van der Waals surface area contributed by atoms with Crippen molar-refractivity contribution in [1.29, 1.82) is 0 Å². The first-order valence-corrected chi connectivity index (χ1v) is 8.37. The summed E-state index contributed by atoms with van der Waals surface area (Å²) in [5, 5.41) is 14.5. The number of anilines is 1. The Morgan fingerprint density at radius 1 is 1.26 bits per heavy atom. The van der Waals surface area contributed by atoms with Gasteiger partial charge in [-0.3, -0.25) is 19.8 Å². The molecular weight excluding hydrogens is 370 g/mol. The summed E-state index contributed by atoms with van der Waals surface area (Å²) in [5.74, 6) is 0.295. The van der Waals surface area contributed by atoms with Crippen LogP contribution < -0.4 is 19.7 Å². The van der Waals surface area contributed by atoms with Crippen LogP contribution in [0.3, 0.4) is 0 Å². The van der Waals surface area contributed by atoms with Crippen LogP contribution in [0.4, 0.5) is 11.4 Å². The van der Waals surface area contributed by atoms with E-state index in [4.69, 9.17) is 21.7 Å². The first-order chi connectivity index (χ1) is 13.0. The number of rotatable bonds is 3. The van der Waals surface area contributed by atoms with Gasteiger partial charge in [-0.25, -0.2) is 0 Å². The molecule has 0 aromatic heterocycles. The molecule has 0 spiro atoms. The van der Waals surface area contributed by atoms with Crippen LogP contribution in [0.2, 0.25) is 0 Å². The van der Waals surface area contributed by atoms with Crippen LogP contribution in [0.25, 0.3) is 6.08 Å². The third kappa shape index (κ3) is 2.87. The Hall–Kier alpha value is -3.46. The Bertz CT molecular complexity index is 1030. The summed E-state index contributed by atoms with van der Waals surface area (Å²) >= 11 is 5.29. The highest BCUT2D eigenvalue weighted by atomic mass is 32.1. The van der Waals surface area contributed by atoms with Crippen LogP contribution in [0.5, 0.6) is 11.5 Å². The number of para-hydroxylation sites is 1. The molecule has 0 saturated carbocycles. The van der Waals surface area contributed by atoms with Gasteiger partial charge in [0.05, 0.1) is 22.2 Å². The van der Waals surface area contributed by atoms with Gasteiger partial charge in [-0.15, -0.1) is 0 Å². The molecule has 2 aliphatic rings. The number of fused-ring (bicyclic) bond motifs is 1. The molecule has 2 aromatic rings. The van der Waals surface area contributed by atoms with E-state index < -0.39 is 4.92 Å². The molecule has 27 heavy (non-hydrogen) atoms. The SMILES string of the molecule is Cc1ccccc1N1C(=O)/C(=C\c2cc3c(cc2[N+](=O)[O-])OCO3)NC1=S. The number of nitro benzene ring substituents is 1. The number of carbonyl (C=O) groups excluding carboxylic acids is 1. The smallest absolute Gasteiger partial charge is 0.281 e. The van der Waals surface area contributed by atoms with Gasteiger partial charge < -0.3 is 14.8 Å². The maximum absolute atomic E-state index is 12.9. The molecule has 0 unspecified atom stereocenters. The minimum absolute atomic E-state index is 0.00512. The van der Waals surface area contributed by atoms with Gasteiger partial charge in [0.15, 0.2) is 16.6 Å². The summed E-state index contributed by atoms with van der Waals surface area (Å²) < 4.78 is 10.5. The molecule has 8 nitrogen and oxygen atoms in total. The zero-order valence-corrected chi connectivity index (χ0v) is 14.9. The van der Waals surface area contributed by atoms with E-state index in [0.29, 0.717) is 17.2 Å². The predicted molar refractivity (Wildman–Crippen MR) is 102 cm³/mol. The van der Waals surface area contributed by atoms with Crippen molar-refractivity contribution in [2.75, 3.05) is 11.7 Å². The van der Waals surface area contributed by atoms with Crippen LogP contribution in [0, 0.1) is 17.0 Å². The summed E-state index contributed by atoms with van der Waals surface area (Å²) in [6.07, 6.45) is 1.40. The van der Waals surface area contributed by atoms with Gasteiger partial charge in [-0.2, -0.15) is 0 Å². The number of carbonyl (C=O) groups is 1. The van der Waals surface area contributed by atoms with Crippen molar-refractivity contribution < 1.29 is 19.2 Å². The van der Waals surface area contributed by atoms with Crippen molar-refractivity contribution >= 4 is 40.7 Å². The largest absolute Gasteiger partial charge is 0.454 e. The highest BCUT2D eigenvalue weighted by Crippen LogP contribution is 2.39. The standard InChI is InChI=1S/C18H13N3O5S/c1-10-4-2-3-5-13(10)20-17(22)12(19-18(20)27)6-11-7-15-16(26-9-25-15)8-14(11)21(23)24/h2-8H,9H2,1H3,(H,19,27)/b12-6+. The Morgan fingerprint density at radius 2 is 1.96 bits per heavy atom. The molecule has 2 aromatic carbocycles. The van der Waals surface area contributed by atoms with Gasteiger partial charge in [0.2, 0.25) is 6.79 Å². The number of nitrogens with one attached hydrogen (secondary N) is 1. The average molecular weight is 383 g/mol. The zero-order chi connectivity index (χ0) is 19.1. The molecule has 1 saturated heterocycles. The predicted octanol–water partition coefficient (Wildman–Crippen LogP) is 2.89. The van der Waals surface area contributed by atoms with E-state index in [1.54, 1.807) is 6.07 Å². The van der Waals surface area contributed by atoms with E-state index >= 15 is 0 Å². The van der Waals surface area contributed by atoms with E-state index in [1.807, 2.05) is 25.1 Å². The minimum atomic E-state index is -0.536. The maximum atomic E-state index is 12.9. The van der Waals surface area contributed by atoms with Gasteiger partial charge in [0.1, 0.15) is 5.70 Å². The number of ether oxygens (including phenoxy) is 2. The fourth-order valence-corrected chi connectivity index (χ4v) is 3.24. The molecule has 2 heterocycles. The second kappa shape index (κ2) is 6.36. The molecule has 1 amide bonds. The maximum Gasteiger partial charge on any atom is 0.281 e. The number of aryl methyl sites for hydroxylation is 1. The fourth-order valence-electron chi connectivity index (χ4n) is 2.94. The first-order valence-electron chi connectivity index (χ1n) is 7.96. The molecule has 0 atom stereocenters. The monoisotopic (exact) mass is 383 g/mol. The van der Waals surface area contributed by atoms with Crippen LogP contribution in [0.1, 0.15) is 11.1 Å². The normalized spacial score (nSPS) is 16.8. The molecule has 1 fully saturated rings. The third-order valence-corrected chi connectivity index (χ3v) is 4.54. The quantitative estimate of drug-likeness (QED) is 0.377. The summed E-state index contributed by atoms with van der Waals surface area (Å²) in [4.78, 5) is 25.1. The Balaban J connectivity index is 1.76. The highest BCUT2D eigenvalue weighted by molar-refractivity contribution is 7.80. The van der Waals surface area contributed by atoms with Crippen LogP contribution in [0.15, 0.2) is 42.1 Å². The number of nitro groups is 1. The first kappa shape index (κ1) is 17.0. The van der Waals surface area contributed by atoms with Crippen molar-refractivity contribution in [3.05, 3.63) is 63.3 Å². The van der Waals surface area contributed by atoms with Crippen molar-refractivity contribution in [1.82, 2.24) is 5.32 Å². The van der Waals surface area contributed by atoms with E-state index in [-0.39, 0.29) is 34.8 Å². The van der Waals surface area contributed by atoms with Crippen LogP contribution in [-0.2, 0) is 4.79 Å². The lowest BCUT2D eigenvalue weighted by Gasteiger charge is -2.16. The molecule has 2 aliphatic heterocycles. The summed E-state index contributed by atoms with van der Waals surface area (Å²) in [6.45, 7) is 1.87. The van der Waals surface area contributed by atoms with Crippen LogP contribution >= 0.6 is 12.2 Å². The second-order valence-electron chi connectivity index (χ2n) is 5.94. The number of thiocarbonyl (C=S) groups is 1. The third-order valence-electron chi connectivity index (χ3n) is 4.25. The molecule has 0 aliphatic carbocycles. The number of hydrogen-bond acceptors (Lipinski definition) is 6. The second-order valence-corrected chi connectivity index (χ2v) is 6.32. The zero-order valence-electron chi connectivity index (χ0n) is 14.1. The molecule has 0 bridgehead atoms. The summed E-state index contributed by atoms with van der Waals surface area (Å²) in [7, 11) is 0. The lowest BCUT2D eigenvalue weighted by Crippen LogP contribution is -2.30. The van der Waals surface area contributed by atoms with E-state index in [9.17, 15) is 14.9 Å². The lowest BCUT2D eigenvalue weighted by molar-refractivity contribution is -0.385. The average Bonchev–Trinajstić information content (AvgIpc) is 3.19.